The van der Waals surface area contributed by atoms with Crippen molar-refractivity contribution in [3.8, 4) is 0 Å². The van der Waals surface area contributed by atoms with Crippen molar-refractivity contribution in [1.82, 2.24) is 10.3 Å². The molecule has 0 saturated heterocycles. The standard InChI is InChI=1S/C10H16N2OS/c1-7(2)4-10(13)12-6-9-5-11-8(3)14-9/h5,7H,4,6H2,1-3H3,(H,12,13). The van der Waals surface area contributed by atoms with Gasteiger partial charge in [0, 0.05) is 17.5 Å². The number of hydrogen-bond donors (Lipinski definition) is 1. The number of carbonyl (C=O) groups is 1. The van der Waals surface area contributed by atoms with Crippen molar-refractivity contribution in [2.45, 2.75) is 33.7 Å². The highest BCUT2D eigenvalue weighted by Gasteiger charge is 2.05. The third kappa shape index (κ3) is 3.87. The lowest BCUT2D eigenvalue weighted by Gasteiger charge is -2.04. The summed E-state index contributed by atoms with van der Waals surface area (Å²) in [5.41, 5.74) is 0. The van der Waals surface area contributed by atoms with Gasteiger partial charge in [-0.25, -0.2) is 4.98 Å². The van der Waals surface area contributed by atoms with Gasteiger partial charge in [-0.15, -0.1) is 11.3 Å². The van der Waals surface area contributed by atoms with Crippen LogP contribution in [0.25, 0.3) is 0 Å². The Morgan fingerprint density at radius 2 is 2.36 bits per heavy atom. The number of nitrogens with zero attached hydrogens (tertiary/aromatic N) is 1. The summed E-state index contributed by atoms with van der Waals surface area (Å²) in [6.07, 6.45) is 2.41. The van der Waals surface area contributed by atoms with E-state index in [-0.39, 0.29) is 5.91 Å². The Balaban J connectivity index is 2.30. The number of nitrogens with one attached hydrogen (secondary N) is 1. The largest absolute Gasteiger partial charge is 0.351 e. The number of thiazole rings is 1. The topological polar surface area (TPSA) is 42.0 Å². The Morgan fingerprint density at radius 1 is 1.64 bits per heavy atom. The van der Waals surface area contributed by atoms with Crippen LogP contribution in [0.5, 0.6) is 0 Å². The van der Waals surface area contributed by atoms with Gasteiger partial charge in [0.25, 0.3) is 0 Å². The highest BCUT2D eigenvalue weighted by atomic mass is 32.1. The van der Waals surface area contributed by atoms with E-state index in [0.717, 1.165) is 9.88 Å². The lowest BCUT2D eigenvalue weighted by atomic mass is 10.1. The van der Waals surface area contributed by atoms with E-state index >= 15 is 0 Å². The molecule has 1 N–H and O–H groups in total. The molecule has 1 rings (SSSR count). The molecule has 0 unspecified atom stereocenters. The van der Waals surface area contributed by atoms with Crippen LogP contribution in [0.15, 0.2) is 6.20 Å². The third-order valence-electron chi connectivity index (χ3n) is 1.72. The van der Waals surface area contributed by atoms with Gasteiger partial charge in [-0.2, -0.15) is 0 Å². The molecule has 14 heavy (non-hydrogen) atoms. The summed E-state index contributed by atoms with van der Waals surface area (Å²) in [6.45, 7) is 6.65. The fraction of sp³-hybridized carbons (Fsp3) is 0.600. The van der Waals surface area contributed by atoms with Crippen molar-refractivity contribution in [3.05, 3.63) is 16.1 Å². The smallest absolute Gasteiger partial charge is 0.220 e. The molecular weight excluding hydrogens is 196 g/mol. The minimum absolute atomic E-state index is 0.117. The molecule has 0 atom stereocenters. The Hall–Kier alpha value is -0.900. The van der Waals surface area contributed by atoms with Crippen LogP contribution >= 0.6 is 11.3 Å². The van der Waals surface area contributed by atoms with Gasteiger partial charge >= 0.3 is 0 Å². The lowest BCUT2D eigenvalue weighted by Crippen LogP contribution is -2.23. The van der Waals surface area contributed by atoms with Crippen LogP contribution in [-0.4, -0.2) is 10.9 Å². The van der Waals surface area contributed by atoms with Crippen molar-refractivity contribution in [3.63, 3.8) is 0 Å². The first-order chi connectivity index (χ1) is 6.58. The average molecular weight is 212 g/mol. The molecular formula is C10H16N2OS. The number of aryl methyl sites for hydroxylation is 1. The lowest BCUT2D eigenvalue weighted by molar-refractivity contribution is -0.121. The highest BCUT2D eigenvalue weighted by Crippen LogP contribution is 2.10. The van der Waals surface area contributed by atoms with Gasteiger partial charge < -0.3 is 5.32 Å². The monoisotopic (exact) mass is 212 g/mol. The Morgan fingerprint density at radius 3 is 2.86 bits per heavy atom. The summed E-state index contributed by atoms with van der Waals surface area (Å²) in [5, 5.41) is 3.92. The summed E-state index contributed by atoms with van der Waals surface area (Å²) in [7, 11) is 0. The molecule has 0 aliphatic carbocycles. The first kappa shape index (κ1) is 11.2. The van der Waals surface area contributed by atoms with Crippen LogP contribution < -0.4 is 5.32 Å². The third-order valence-corrected chi connectivity index (χ3v) is 2.64. The average Bonchev–Trinajstić information content (AvgIpc) is 2.47. The van der Waals surface area contributed by atoms with Gasteiger partial charge in [0.1, 0.15) is 0 Å². The van der Waals surface area contributed by atoms with Crippen molar-refractivity contribution in [2.75, 3.05) is 0 Å². The highest BCUT2D eigenvalue weighted by molar-refractivity contribution is 7.11. The Bertz CT molecular complexity index is 307. The predicted molar refractivity (Wildman–Crippen MR) is 58.2 cm³/mol. The Labute approximate surface area is 88.6 Å². The number of carbonyl (C=O) groups excluding carboxylic acids is 1. The zero-order valence-corrected chi connectivity index (χ0v) is 9.65. The van der Waals surface area contributed by atoms with Gasteiger partial charge in [-0.05, 0) is 12.8 Å². The van der Waals surface area contributed by atoms with Gasteiger partial charge in [-0.3, -0.25) is 4.79 Å². The number of aromatic nitrogens is 1. The van der Waals surface area contributed by atoms with Crippen LogP contribution in [0.2, 0.25) is 0 Å². The Kier molecular flexibility index (Phi) is 4.07. The van der Waals surface area contributed by atoms with E-state index in [1.165, 1.54) is 0 Å². The molecule has 3 nitrogen and oxygen atoms in total. The van der Waals surface area contributed by atoms with E-state index in [1.54, 1.807) is 11.3 Å². The molecule has 4 heteroatoms. The predicted octanol–water partition coefficient (Wildman–Crippen LogP) is 2.11. The molecule has 78 valence electrons. The van der Waals surface area contributed by atoms with Crippen molar-refractivity contribution in [1.29, 1.82) is 0 Å². The maximum Gasteiger partial charge on any atom is 0.220 e. The van der Waals surface area contributed by atoms with E-state index in [1.807, 2.05) is 27.0 Å². The fourth-order valence-corrected chi connectivity index (χ4v) is 1.85. The zero-order valence-electron chi connectivity index (χ0n) is 8.83. The molecule has 0 saturated carbocycles. The molecule has 1 heterocycles. The van der Waals surface area contributed by atoms with E-state index < -0.39 is 0 Å². The van der Waals surface area contributed by atoms with Crippen LogP contribution in [0.4, 0.5) is 0 Å². The van der Waals surface area contributed by atoms with Crippen LogP contribution in [0.1, 0.15) is 30.2 Å². The first-order valence-electron chi connectivity index (χ1n) is 4.76. The summed E-state index contributed by atoms with van der Waals surface area (Å²) in [5.74, 6) is 0.532. The van der Waals surface area contributed by atoms with E-state index in [0.29, 0.717) is 18.9 Å². The second-order valence-corrected chi connectivity index (χ2v) is 5.04. The van der Waals surface area contributed by atoms with E-state index in [2.05, 4.69) is 10.3 Å². The fourth-order valence-electron chi connectivity index (χ4n) is 1.12. The van der Waals surface area contributed by atoms with Gasteiger partial charge in [0.2, 0.25) is 5.91 Å². The van der Waals surface area contributed by atoms with Gasteiger partial charge in [0.15, 0.2) is 0 Å². The van der Waals surface area contributed by atoms with Crippen LogP contribution in [-0.2, 0) is 11.3 Å². The molecule has 1 aromatic rings. The van der Waals surface area contributed by atoms with Gasteiger partial charge in [-0.1, -0.05) is 13.8 Å². The normalized spacial score (nSPS) is 10.6. The second kappa shape index (κ2) is 5.10. The maximum atomic E-state index is 11.3. The molecule has 0 aliphatic heterocycles. The summed E-state index contributed by atoms with van der Waals surface area (Å²) in [4.78, 5) is 16.5. The quantitative estimate of drug-likeness (QED) is 0.830. The summed E-state index contributed by atoms with van der Waals surface area (Å²) < 4.78 is 0. The molecule has 0 fully saturated rings. The second-order valence-electron chi connectivity index (χ2n) is 3.72. The van der Waals surface area contributed by atoms with Crippen molar-refractivity contribution >= 4 is 17.2 Å². The first-order valence-corrected chi connectivity index (χ1v) is 5.57. The molecule has 0 radical (unpaired) electrons. The minimum atomic E-state index is 0.117. The van der Waals surface area contributed by atoms with Crippen molar-refractivity contribution < 1.29 is 4.79 Å². The number of rotatable bonds is 4. The molecule has 0 aliphatic rings. The van der Waals surface area contributed by atoms with E-state index in [9.17, 15) is 4.79 Å². The van der Waals surface area contributed by atoms with Crippen LogP contribution in [0, 0.1) is 12.8 Å². The zero-order chi connectivity index (χ0) is 10.6. The SMILES string of the molecule is Cc1ncc(CNC(=O)CC(C)C)s1. The molecule has 0 spiro atoms. The number of amides is 1. The minimum Gasteiger partial charge on any atom is -0.351 e. The van der Waals surface area contributed by atoms with E-state index in [4.69, 9.17) is 0 Å². The molecule has 1 aromatic heterocycles. The number of hydrogen-bond acceptors (Lipinski definition) is 3. The maximum absolute atomic E-state index is 11.3. The summed E-state index contributed by atoms with van der Waals surface area (Å²) >= 11 is 1.62. The molecule has 0 bridgehead atoms. The summed E-state index contributed by atoms with van der Waals surface area (Å²) in [6, 6.07) is 0. The van der Waals surface area contributed by atoms with Crippen molar-refractivity contribution in [2.24, 2.45) is 5.92 Å². The molecule has 0 aromatic carbocycles. The van der Waals surface area contributed by atoms with Gasteiger partial charge in [0.05, 0.1) is 11.6 Å². The van der Waals surface area contributed by atoms with Crippen LogP contribution in [0.3, 0.4) is 0 Å². The molecule has 1 amide bonds.